The molecule has 34 heavy (non-hydrogen) atoms. The molecule has 3 aromatic rings. The van der Waals surface area contributed by atoms with Crippen LogP contribution in [-0.4, -0.2) is 43.1 Å². The number of ether oxygens (including phenoxy) is 1. The van der Waals surface area contributed by atoms with Gasteiger partial charge in [0.15, 0.2) is 0 Å². The minimum atomic E-state index is -0.110. The Hall–Kier alpha value is -3.74. The monoisotopic (exact) mass is 461 g/mol. The first-order valence-electron chi connectivity index (χ1n) is 11.8. The Labute approximate surface area is 200 Å². The predicted octanol–water partition coefficient (Wildman–Crippen LogP) is 5.06. The maximum absolute atomic E-state index is 12.9. The lowest BCUT2D eigenvalue weighted by molar-refractivity contribution is 0.0953. The van der Waals surface area contributed by atoms with Crippen molar-refractivity contribution in [3.63, 3.8) is 0 Å². The quantitative estimate of drug-likeness (QED) is 0.491. The maximum atomic E-state index is 12.9. The van der Waals surface area contributed by atoms with Crippen LogP contribution in [0, 0.1) is 0 Å². The molecule has 1 aliphatic rings. The third-order valence-corrected chi connectivity index (χ3v) is 5.98. The Morgan fingerprint density at radius 2 is 1.97 bits per heavy atom. The summed E-state index contributed by atoms with van der Waals surface area (Å²) in [5.74, 6) is 1.72. The van der Waals surface area contributed by atoms with Crippen LogP contribution in [0.5, 0.6) is 5.75 Å². The summed E-state index contributed by atoms with van der Waals surface area (Å²) >= 11 is 0. The molecular formula is C27H31N3O4. The van der Waals surface area contributed by atoms with Crippen LogP contribution in [0.4, 0.5) is 10.5 Å². The second-order valence-corrected chi connectivity index (χ2v) is 8.38. The van der Waals surface area contributed by atoms with Gasteiger partial charge < -0.3 is 24.7 Å². The summed E-state index contributed by atoms with van der Waals surface area (Å²) in [4.78, 5) is 27.3. The highest BCUT2D eigenvalue weighted by Crippen LogP contribution is 2.28. The van der Waals surface area contributed by atoms with E-state index in [4.69, 9.17) is 9.15 Å². The number of rotatable bonds is 8. The highest BCUT2D eigenvalue weighted by atomic mass is 16.5. The van der Waals surface area contributed by atoms with Gasteiger partial charge in [-0.3, -0.25) is 4.79 Å². The van der Waals surface area contributed by atoms with Crippen molar-refractivity contribution < 1.29 is 18.7 Å². The van der Waals surface area contributed by atoms with Gasteiger partial charge in [0.25, 0.3) is 5.91 Å². The van der Waals surface area contributed by atoms with Gasteiger partial charge in [-0.2, -0.15) is 0 Å². The van der Waals surface area contributed by atoms with Crippen LogP contribution in [0.25, 0.3) is 0 Å². The van der Waals surface area contributed by atoms with Gasteiger partial charge >= 0.3 is 6.03 Å². The number of urea groups is 1. The molecule has 0 unspecified atom stereocenters. The largest absolute Gasteiger partial charge is 0.494 e. The molecule has 1 atom stereocenters. The highest BCUT2D eigenvalue weighted by Gasteiger charge is 2.25. The predicted molar refractivity (Wildman–Crippen MR) is 131 cm³/mol. The van der Waals surface area contributed by atoms with E-state index in [-0.39, 0.29) is 17.9 Å². The Morgan fingerprint density at radius 1 is 1.12 bits per heavy atom. The first kappa shape index (κ1) is 23.4. The lowest BCUT2D eigenvalue weighted by atomic mass is 9.89. The molecule has 2 heterocycles. The van der Waals surface area contributed by atoms with Gasteiger partial charge in [-0.1, -0.05) is 12.1 Å². The van der Waals surface area contributed by atoms with Gasteiger partial charge in [-0.15, -0.1) is 0 Å². The van der Waals surface area contributed by atoms with Crippen LogP contribution >= 0.6 is 0 Å². The standard InChI is InChI=1S/C27H31N3O4/c1-2-33-25-12-10-23(11-13-25)29-27(32)30-16-4-8-22(19-30)20-6-3-7-21(18-20)26(31)28-15-14-24-9-5-17-34-24/h3,5-7,9-13,17-18,22H,2,4,8,14-16,19H2,1H3,(H,28,31)(H,29,32)/t22-/m0/s1. The average Bonchev–Trinajstić information content (AvgIpc) is 3.39. The lowest BCUT2D eigenvalue weighted by Crippen LogP contribution is -2.41. The second-order valence-electron chi connectivity index (χ2n) is 8.38. The molecule has 0 aliphatic carbocycles. The Bertz CT molecular complexity index is 1080. The number of nitrogens with zero attached hydrogens (tertiary/aromatic N) is 1. The van der Waals surface area contributed by atoms with E-state index in [2.05, 4.69) is 10.6 Å². The molecule has 7 heteroatoms. The molecule has 0 bridgehead atoms. The molecule has 1 saturated heterocycles. The molecule has 0 saturated carbocycles. The van der Waals surface area contributed by atoms with E-state index in [1.54, 1.807) is 6.26 Å². The van der Waals surface area contributed by atoms with E-state index in [9.17, 15) is 9.59 Å². The number of hydrogen-bond acceptors (Lipinski definition) is 4. The van der Waals surface area contributed by atoms with Crippen molar-refractivity contribution in [2.75, 3.05) is 31.6 Å². The van der Waals surface area contributed by atoms with E-state index in [1.165, 1.54) is 0 Å². The maximum Gasteiger partial charge on any atom is 0.321 e. The number of hydrogen-bond donors (Lipinski definition) is 2. The minimum Gasteiger partial charge on any atom is -0.494 e. The van der Waals surface area contributed by atoms with Crippen molar-refractivity contribution in [3.05, 3.63) is 83.8 Å². The molecule has 1 fully saturated rings. The van der Waals surface area contributed by atoms with Crippen molar-refractivity contribution in [1.82, 2.24) is 10.2 Å². The van der Waals surface area contributed by atoms with E-state index >= 15 is 0 Å². The fourth-order valence-electron chi connectivity index (χ4n) is 4.23. The number of carbonyl (C=O) groups is 2. The summed E-state index contributed by atoms with van der Waals surface area (Å²) in [6, 6.07) is 18.7. The third kappa shape index (κ3) is 6.19. The van der Waals surface area contributed by atoms with E-state index in [1.807, 2.05) is 72.5 Å². The Balaban J connectivity index is 1.33. The van der Waals surface area contributed by atoms with Gasteiger partial charge in [0, 0.05) is 43.2 Å². The zero-order valence-corrected chi connectivity index (χ0v) is 19.5. The first-order valence-corrected chi connectivity index (χ1v) is 11.8. The summed E-state index contributed by atoms with van der Waals surface area (Å²) in [7, 11) is 0. The molecular weight excluding hydrogens is 430 g/mol. The molecule has 0 spiro atoms. The van der Waals surface area contributed by atoms with Crippen molar-refractivity contribution in [1.29, 1.82) is 0 Å². The highest BCUT2D eigenvalue weighted by molar-refractivity contribution is 5.94. The number of likely N-dealkylation sites (tertiary alicyclic amines) is 1. The number of amides is 3. The van der Waals surface area contributed by atoms with Gasteiger partial charge in [0.05, 0.1) is 12.9 Å². The summed E-state index contributed by atoms with van der Waals surface area (Å²) in [6.07, 6.45) is 4.18. The summed E-state index contributed by atoms with van der Waals surface area (Å²) in [5, 5.41) is 5.93. The third-order valence-electron chi connectivity index (χ3n) is 5.98. The van der Waals surface area contributed by atoms with E-state index in [0.717, 1.165) is 35.6 Å². The molecule has 1 aromatic heterocycles. The number of anilines is 1. The van der Waals surface area contributed by atoms with Crippen molar-refractivity contribution >= 4 is 17.6 Å². The molecule has 0 radical (unpaired) electrons. The van der Waals surface area contributed by atoms with E-state index < -0.39 is 0 Å². The van der Waals surface area contributed by atoms with Crippen LogP contribution in [0.3, 0.4) is 0 Å². The first-order chi connectivity index (χ1) is 16.6. The SMILES string of the molecule is CCOc1ccc(NC(=O)N2CCC[C@H](c3cccc(C(=O)NCCc4ccco4)c3)C2)cc1. The summed E-state index contributed by atoms with van der Waals surface area (Å²) < 4.78 is 10.8. The fraction of sp³-hybridized carbons (Fsp3) is 0.333. The number of nitrogens with one attached hydrogen (secondary N) is 2. The molecule has 2 aromatic carbocycles. The zero-order chi connectivity index (χ0) is 23.8. The Morgan fingerprint density at radius 3 is 2.74 bits per heavy atom. The number of benzene rings is 2. The smallest absolute Gasteiger partial charge is 0.321 e. The van der Waals surface area contributed by atoms with E-state index in [0.29, 0.717) is 38.2 Å². The van der Waals surface area contributed by atoms with Gasteiger partial charge in [-0.25, -0.2) is 4.79 Å². The van der Waals surface area contributed by atoms with Crippen LogP contribution < -0.4 is 15.4 Å². The van der Waals surface area contributed by atoms with Crippen LogP contribution in [0.2, 0.25) is 0 Å². The lowest BCUT2D eigenvalue weighted by Gasteiger charge is -2.33. The minimum absolute atomic E-state index is 0.102. The topological polar surface area (TPSA) is 83.8 Å². The average molecular weight is 462 g/mol. The van der Waals surface area contributed by atoms with Crippen LogP contribution in [0.1, 0.15) is 47.4 Å². The van der Waals surface area contributed by atoms with Gasteiger partial charge in [0.2, 0.25) is 0 Å². The molecule has 1 aliphatic heterocycles. The summed E-state index contributed by atoms with van der Waals surface area (Å²) in [6.45, 7) is 4.39. The molecule has 7 nitrogen and oxygen atoms in total. The molecule has 4 rings (SSSR count). The number of piperidine rings is 1. The van der Waals surface area contributed by atoms with Crippen LogP contribution in [0.15, 0.2) is 71.3 Å². The van der Waals surface area contributed by atoms with Crippen molar-refractivity contribution in [2.45, 2.75) is 32.1 Å². The molecule has 178 valence electrons. The van der Waals surface area contributed by atoms with Crippen molar-refractivity contribution in [2.24, 2.45) is 0 Å². The van der Waals surface area contributed by atoms with Crippen molar-refractivity contribution in [3.8, 4) is 5.75 Å². The fourth-order valence-corrected chi connectivity index (χ4v) is 4.23. The number of furan rings is 1. The normalized spacial score (nSPS) is 15.6. The molecule has 2 N–H and O–H groups in total. The van der Waals surface area contributed by atoms with Gasteiger partial charge in [-0.05, 0) is 73.9 Å². The van der Waals surface area contributed by atoms with Gasteiger partial charge in [0.1, 0.15) is 11.5 Å². The Kier molecular flexibility index (Phi) is 7.86. The zero-order valence-electron chi connectivity index (χ0n) is 19.5. The molecule has 3 amide bonds. The van der Waals surface area contributed by atoms with Crippen LogP contribution in [-0.2, 0) is 6.42 Å². The second kappa shape index (κ2) is 11.4. The summed E-state index contributed by atoms with van der Waals surface area (Å²) in [5.41, 5.74) is 2.45. The number of carbonyl (C=O) groups excluding carboxylic acids is 2.